The van der Waals surface area contributed by atoms with E-state index in [-0.39, 0.29) is 21.7 Å². The molecule has 0 atom stereocenters. The highest BCUT2D eigenvalue weighted by atomic mass is 15.1. The van der Waals surface area contributed by atoms with Crippen LogP contribution in [0.3, 0.4) is 0 Å². The Hall–Kier alpha value is -7.22. The topological polar surface area (TPSA) is 3.24 Å². The Morgan fingerprint density at radius 3 is 0.808 bits per heavy atom. The molecule has 0 saturated carbocycles. The van der Waals surface area contributed by atoms with Gasteiger partial charge >= 0.3 is 0 Å². The molecule has 9 aromatic rings. The van der Waals surface area contributed by atoms with Gasteiger partial charge in [-0.1, -0.05) is 235 Å². The largest absolute Gasteiger partial charge is 0.310 e. The number of para-hydroxylation sites is 1. The van der Waals surface area contributed by atoms with Crippen LogP contribution in [0.15, 0.2) is 188 Å². The molecule has 1 heteroatoms. The summed E-state index contributed by atoms with van der Waals surface area (Å²) >= 11 is 0. The van der Waals surface area contributed by atoms with E-state index in [9.17, 15) is 0 Å². The summed E-state index contributed by atoms with van der Waals surface area (Å²) in [4.78, 5) is 2.54. The molecule has 9 aromatic carbocycles. The van der Waals surface area contributed by atoms with Crippen LogP contribution in [0.25, 0.3) is 44.5 Å². The molecular formula is C72H67N. The van der Waals surface area contributed by atoms with Crippen molar-refractivity contribution < 1.29 is 0 Å². The van der Waals surface area contributed by atoms with Crippen LogP contribution in [-0.4, -0.2) is 0 Å². The fraction of sp³-hybridized carbons (Fsp3) is 0.250. The summed E-state index contributed by atoms with van der Waals surface area (Å²) < 4.78 is 0. The number of nitrogens with zero attached hydrogens (tertiary/aromatic N) is 1. The lowest BCUT2D eigenvalue weighted by atomic mass is 9.68. The van der Waals surface area contributed by atoms with Crippen molar-refractivity contribution in [2.24, 2.45) is 0 Å². The van der Waals surface area contributed by atoms with E-state index >= 15 is 0 Å². The number of hydrogen-bond acceptors (Lipinski definition) is 1. The van der Waals surface area contributed by atoms with Gasteiger partial charge in [-0.2, -0.15) is 0 Å². The molecule has 0 saturated heterocycles. The van der Waals surface area contributed by atoms with Crippen molar-refractivity contribution in [3.8, 4) is 44.5 Å². The first kappa shape index (κ1) is 45.6. The second kappa shape index (κ2) is 15.2. The van der Waals surface area contributed by atoms with E-state index in [0.29, 0.717) is 0 Å². The monoisotopic (exact) mass is 946 g/mol. The SMILES string of the molecule is CC(C)(C)c1ccc2c(c1)C1(c3ccccc3-c3ccc(N(c4ccccc4)c4ccc5c(c4)C4(c6ccccc6-5)c5cc(C(C)(C)C)ccc5-c5ccc(C(C)(C)C)cc54)cc31)c1cc(C(C)(C)C)ccc1-2. The van der Waals surface area contributed by atoms with Crippen molar-refractivity contribution in [2.75, 3.05) is 4.90 Å². The van der Waals surface area contributed by atoms with Gasteiger partial charge in [-0.3, -0.25) is 0 Å². The van der Waals surface area contributed by atoms with Crippen molar-refractivity contribution in [3.63, 3.8) is 0 Å². The van der Waals surface area contributed by atoms with Gasteiger partial charge in [-0.05, 0) is 169 Å². The summed E-state index contributed by atoms with van der Waals surface area (Å²) in [7, 11) is 0. The lowest BCUT2D eigenvalue weighted by molar-refractivity contribution is 0.586. The normalized spacial score (nSPS) is 15.1. The fourth-order valence-corrected chi connectivity index (χ4v) is 13.5. The first-order valence-corrected chi connectivity index (χ1v) is 26.7. The maximum Gasteiger partial charge on any atom is 0.0726 e. The number of hydrogen-bond donors (Lipinski definition) is 0. The zero-order valence-electron chi connectivity index (χ0n) is 44.8. The predicted molar refractivity (Wildman–Crippen MR) is 309 cm³/mol. The van der Waals surface area contributed by atoms with Gasteiger partial charge in [0.25, 0.3) is 0 Å². The van der Waals surface area contributed by atoms with E-state index in [2.05, 4.69) is 276 Å². The molecule has 1 nitrogen and oxygen atoms in total. The zero-order chi connectivity index (χ0) is 50.8. The third kappa shape index (κ3) is 6.33. The van der Waals surface area contributed by atoms with E-state index in [1.807, 2.05) is 0 Å². The molecule has 0 fully saturated rings. The van der Waals surface area contributed by atoms with Crippen molar-refractivity contribution in [1.82, 2.24) is 0 Å². The Bertz CT molecular complexity index is 3420. The number of anilines is 3. The molecule has 13 rings (SSSR count). The molecule has 0 heterocycles. The second-order valence-corrected chi connectivity index (χ2v) is 25.8. The van der Waals surface area contributed by atoms with E-state index in [1.165, 1.54) is 111 Å². The molecule has 0 amide bonds. The van der Waals surface area contributed by atoms with E-state index in [1.54, 1.807) is 0 Å². The molecule has 4 aliphatic rings. The molecule has 0 radical (unpaired) electrons. The highest BCUT2D eigenvalue weighted by molar-refractivity contribution is 5.99. The maximum atomic E-state index is 2.57. The summed E-state index contributed by atoms with van der Waals surface area (Å²) in [5.41, 5.74) is 29.2. The van der Waals surface area contributed by atoms with Crippen molar-refractivity contribution in [3.05, 3.63) is 255 Å². The molecule has 0 aliphatic heterocycles. The fourth-order valence-electron chi connectivity index (χ4n) is 13.5. The summed E-state index contributed by atoms with van der Waals surface area (Å²) in [5, 5.41) is 0. The Morgan fingerprint density at radius 1 is 0.233 bits per heavy atom. The number of rotatable bonds is 3. The second-order valence-electron chi connectivity index (χ2n) is 25.8. The van der Waals surface area contributed by atoms with Crippen LogP contribution < -0.4 is 4.90 Å². The van der Waals surface area contributed by atoms with Gasteiger partial charge in [0, 0.05) is 17.1 Å². The molecule has 0 aromatic heterocycles. The molecule has 73 heavy (non-hydrogen) atoms. The van der Waals surface area contributed by atoms with Gasteiger partial charge < -0.3 is 4.90 Å². The Balaban J connectivity index is 1.09. The van der Waals surface area contributed by atoms with Crippen molar-refractivity contribution >= 4 is 17.1 Å². The standard InChI is InChI=1S/C72H67N/c1-67(2,3)44-26-32-53-54-33-27-45(68(4,5)6)39-62(54)71(61(53)38-44)59-24-18-16-22-51(59)57-36-30-49(42-65(57)71)73(48-20-14-13-15-21-48)50-31-37-58-52-23-17-19-25-60(52)72(66(58)43-50)63-40-46(69(7,8)9)28-34-55(63)56-35-29-47(41-64(56)72)70(10,11)12/h13-43H,1-12H3. The Labute approximate surface area is 434 Å². The van der Waals surface area contributed by atoms with Crippen LogP contribution in [-0.2, 0) is 32.5 Å². The lowest BCUT2D eigenvalue weighted by Crippen LogP contribution is -2.28. The van der Waals surface area contributed by atoms with E-state index in [0.717, 1.165) is 17.1 Å². The molecule has 0 unspecified atom stereocenters. The predicted octanol–water partition coefficient (Wildman–Crippen LogP) is 19.0. The van der Waals surface area contributed by atoms with E-state index in [4.69, 9.17) is 0 Å². The van der Waals surface area contributed by atoms with Crippen molar-refractivity contribution in [2.45, 2.75) is 116 Å². The van der Waals surface area contributed by atoms with Crippen LogP contribution in [0.4, 0.5) is 17.1 Å². The van der Waals surface area contributed by atoms with Gasteiger partial charge in [0.15, 0.2) is 0 Å². The number of fused-ring (bicyclic) bond motifs is 20. The Morgan fingerprint density at radius 2 is 0.493 bits per heavy atom. The minimum absolute atomic E-state index is 0.0258. The summed E-state index contributed by atoms with van der Waals surface area (Å²) in [6.07, 6.45) is 0. The summed E-state index contributed by atoms with van der Waals surface area (Å²) in [5.74, 6) is 0. The smallest absolute Gasteiger partial charge is 0.0726 e. The molecule has 4 aliphatic carbocycles. The van der Waals surface area contributed by atoms with Crippen LogP contribution in [0.1, 0.15) is 150 Å². The van der Waals surface area contributed by atoms with Crippen molar-refractivity contribution in [1.29, 1.82) is 0 Å². The average molecular weight is 946 g/mol. The van der Waals surface area contributed by atoms with Crippen LogP contribution in [0, 0.1) is 0 Å². The molecular weight excluding hydrogens is 879 g/mol. The quantitative estimate of drug-likeness (QED) is 0.171. The first-order chi connectivity index (χ1) is 34.7. The zero-order valence-corrected chi connectivity index (χ0v) is 44.8. The highest BCUT2D eigenvalue weighted by Gasteiger charge is 2.54. The third-order valence-corrected chi connectivity index (χ3v) is 17.3. The Kier molecular flexibility index (Phi) is 9.48. The molecule has 2 spiro atoms. The third-order valence-electron chi connectivity index (χ3n) is 17.3. The van der Waals surface area contributed by atoms with E-state index < -0.39 is 10.8 Å². The van der Waals surface area contributed by atoms with Crippen LogP contribution in [0.2, 0.25) is 0 Å². The molecule has 360 valence electrons. The van der Waals surface area contributed by atoms with Gasteiger partial charge in [-0.15, -0.1) is 0 Å². The van der Waals surface area contributed by atoms with Crippen LogP contribution in [0.5, 0.6) is 0 Å². The average Bonchev–Trinajstić information content (AvgIpc) is 4.08. The highest BCUT2D eigenvalue weighted by Crippen LogP contribution is 2.66. The van der Waals surface area contributed by atoms with Gasteiger partial charge in [0.1, 0.15) is 0 Å². The summed E-state index contributed by atoms with van der Waals surface area (Å²) in [6.45, 7) is 28.2. The van der Waals surface area contributed by atoms with Crippen LogP contribution >= 0.6 is 0 Å². The lowest BCUT2D eigenvalue weighted by Gasteiger charge is -2.35. The molecule has 0 N–H and O–H groups in total. The minimum Gasteiger partial charge on any atom is -0.310 e. The van der Waals surface area contributed by atoms with Gasteiger partial charge in [0.05, 0.1) is 10.8 Å². The molecule has 0 bridgehead atoms. The minimum atomic E-state index is -0.520. The maximum absolute atomic E-state index is 2.57. The summed E-state index contributed by atoms with van der Waals surface area (Å²) in [6, 6.07) is 73.8. The van der Waals surface area contributed by atoms with Gasteiger partial charge in [0.2, 0.25) is 0 Å². The number of benzene rings is 9. The first-order valence-electron chi connectivity index (χ1n) is 26.7. The van der Waals surface area contributed by atoms with Gasteiger partial charge in [-0.25, -0.2) is 0 Å².